The molecule has 0 fully saturated rings. The summed E-state index contributed by atoms with van der Waals surface area (Å²) in [7, 11) is 0. The van der Waals surface area contributed by atoms with Gasteiger partial charge in [0.25, 0.3) is 0 Å². The van der Waals surface area contributed by atoms with Crippen LogP contribution in [0.3, 0.4) is 0 Å². The van der Waals surface area contributed by atoms with Gasteiger partial charge in [-0.05, 0) is 64.4 Å². The molecular weight excluding hydrogens is 615 g/mol. The van der Waals surface area contributed by atoms with Crippen LogP contribution in [0.4, 0.5) is 0 Å². The molecule has 5 aromatic carbocycles. The van der Waals surface area contributed by atoms with Crippen LogP contribution >= 0.6 is 0 Å². The molecule has 10 aromatic rings. The van der Waals surface area contributed by atoms with Crippen LogP contribution in [0, 0.1) is 0 Å². The monoisotopic (exact) mass is 639 g/mol. The van der Waals surface area contributed by atoms with Crippen LogP contribution in [0.2, 0.25) is 0 Å². The van der Waals surface area contributed by atoms with Crippen molar-refractivity contribution >= 4 is 54.4 Å². The van der Waals surface area contributed by atoms with Crippen molar-refractivity contribution in [1.29, 1.82) is 0 Å². The Morgan fingerprint density at radius 2 is 1.00 bits per heavy atom. The predicted octanol–water partition coefficient (Wildman–Crippen LogP) is 9.89. The standard InChI is InChI=1S/C43H25N7/c1-2-6-33-32(5-1)34(15-16-35(33)38-18-12-28-9-8-27-4-3-21-45-41(27)42(28)50-38)37-19-14-31-22-29(13-17-36(31)48-37)30-10-7-26-11-20-39(49-40(26)23-30)43-46-24-44-25-47-43/h1-25H. The molecule has 0 unspecified atom stereocenters. The Kier molecular flexibility index (Phi) is 6.35. The highest BCUT2D eigenvalue weighted by molar-refractivity contribution is 6.07. The molecule has 7 heteroatoms. The molecule has 0 aliphatic carbocycles. The van der Waals surface area contributed by atoms with Crippen LogP contribution in [0.5, 0.6) is 0 Å². The Hall–Kier alpha value is -6.99. The summed E-state index contributed by atoms with van der Waals surface area (Å²) in [6, 6.07) is 46.3. The summed E-state index contributed by atoms with van der Waals surface area (Å²) in [4.78, 5) is 32.2. The lowest BCUT2D eigenvalue weighted by Gasteiger charge is -2.13. The number of hydrogen-bond acceptors (Lipinski definition) is 7. The van der Waals surface area contributed by atoms with Crippen molar-refractivity contribution in [3.63, 3.8) is 0 Å². The number of benzene rings is 5. The number of fused-ring (bicyclic) bond motifs is 6. The van der Waals surface area contributed by atoms with Crippen molar-refractivity contribution < 1.29 is 0 Å². The van der Waals surface area contributed by atoms with Gasteiger partial charge < -0.3 is 0 Å². The van der Waals surface area contributed by atoms with Crippen LogP contribution in [-0.4, -0.2) is 34.9 Å². The maximum absolute atomic E-state index is 5.15. The smallest absolute Gasteiger partial charge is 0.181 e. The molecule has 0 atom stereocenters. The second kappa shape index (κ2) is 11.3. The fourth-order valence-corrected chi connectivity index (χ4v) is 6.87. The van der Waals surface area contributed by atoms with E-state index in [1.54, 1.807) is 0 Å². The molecule has 5 heterocycles. The molecule has 0 aliphatic rings. The molecule has 7 nitrogen and oxygen atoms in total. The van der Waals surface area contributed by atoms with E-state index >= 15 is 0 Å². The minimum atomic E-state index is 0.555. The summed E-state index contributed by atoms with van der Waals surface area (Å²) in [6.45, 7) is 0. The molecule has 0 radical (unpaired) electrons. The first-order chi connectivity index (χ1) is 24.7. The topological polar surface area (TPSA) is 90.2 Å². The van der Waals surface area contributed by atoms with Crippen molar-refractivity contribution in [2.24, 2.45) is 0 Å². The highest BCUT2D eigenvalue weighted by Gasteiger charge is 2.14. The molecular formula is C43H25N7. The number of aromatic nitrogens is 7. The van der Waals surface area contributed by atoms with Crippen molar-refractivity contribution in [2.75, 3.05) is 0 Å². The molecule has 0 saturated heterocycles. The van der Waals surface area contributed by atoms with Gasteiger partial charge in [0.1, 0.15) is 18.3 Å². The van der Waals surface area contributed by atoms with Gasteiger partial charge in [-0.15, -0.1) is 0 Å². The number of rotatable bonds is 4. The van der Waals surface area contributed by atoms with Crippen LogP contribution in [0.25, 0.3) is 99.5 Å². The third-order valence-corrected chi connectivity index (χ3v) is 9.35. The van der Waals surface area contributed by atoms with Gasteiger partial charge >= 0.3 is 0 Å². The Bertz CT molecular complexity index is 2940. The van der Waals surface area contributed by atoms with Gasteiger partial charge in [0.15, 0.2) is 5.82 Å². The summed E-state index contributed by atoms with van der Waals surface area (Å²) in [5.41, 5.74) is 10.5. The zero-order chi connectivity index (χ0) is 33.0. The van der Waals surface area contributed by atoms with Gasteiger partial charge in [-0.2, -0.15) is 0 Å². The SMILES string of the molecule is c1cnc2c(c1)ccc1ccc(-c3ccc(-c4ccc5cc(-c6ccc7ccc(-c8ncncn8)nc7c6)ccc5n4)c4ccccc34)nc12. The third kappa shape index (κ3) is 4.71. The first-order valence-corrected chi connectivity index (χ1v) is 16.4. The van der Waals surface area contributed by atoms with Crippen LogP contribution in [0.15, 0.2) is 152 Å². The van der Waals surface area contributed by atoms with Crippen molar-refractivity contribution in [3.8, 4) is 45.2 Å². The zero-order valence-corrected chi connectivity index (χ0v) is 26.6. The molecule has 232 valence electrons. The van der Waals surface area contributed by atoms with Crippen molar-refractivity contribution in [2.45, 2.75) is 0 Å². The lowest BCUT2D eigenvalue weighted by Crippen LogP contribution is -1.93. The van der Waals surface area contributed by atoms with Gasteiger partial charge in [0.2, 0.25) is 0 Å². The fourth-order valence-electron chi connectivity index (χ4n) is 6.87. The Morgan fingerprint density at radius 3 is 1.82 bits per heavy atom. The highest BCUT2D eigenvalue weighted by Crippen LogP contribution is 2.37. The minimum Gasteiger partial charge on any atom is -0.254 e. The summed E-state index contributed by atoms with van der Waals surface area (Å²) in [5.74, 6) is 0.555. The quantitative estimate of drug-likeness (QED) is 0.177. The first kappa shape index (κ1) is 28.1. The van der Waals surface area contributed by atoms with Crippen LogP contribution in [-0.2, 0) is 0 Å². The molecule has 50 heavy (non-hydrogen) atoms. The maximum atomic E-state index is 5.15. The van der Waals surface area contributed by atoms with Crippen LogP contribution < -0.4 is 0 Å². The van der Waals surface area contributed by atoms with Crippen LogP contribution in [0.1, 0.15) is 0 Å². The van der Waals surface area contributed by atoms with E-state index in [4.69, 9.17) is 15.0 Å². The third-order valence-electron chi connectivity index (χ3n) is 9.35. The van der Waals surface area contributed by atoms with E-state index in [0.717, 1.165) is 88.0 Å². The Morgan fingerprint density at radius 1 is 0.380 bits per heavy atom. The van der Waals surface area contributed by atoms with E-state index in [0.29, 0.717) is 11.5 Å². The molecule has 0 bridgehead atoms. The lowest BCUT2D eigenvalue weighted by atomic mass is 9.95. The van der Waals surface area contributed by atoms with Gasteiger partial charge in [0, 0.05) is 38.9 Å². The molecule has 0 aliphatic heterocycles. The lowest BCUT2D eigenvalue weighted by molar-refractivity contribution is 1.05. The van der Waals surface area contributed by atoms with Gasteiger partial charge in [-0.3, -0.25) is 4.98 Å². The minimum absolute atomic E-state index is 0.555. The normalized spacial score (nSPS) is 11.6. The molecule has 0 saturated carbocycles. The van der Waals surface area contributed by atoms with Gasteiger partial charge in [-0.1, -0.05) is 91.0 Å². The van der Waals surface area contributed by atoms with E-state index in [1.165, 1.54) is 12.7 Å². The van der Waals surface area contributed by atoms with E-state index in [2.05, 4.69) is 135 Å². The number of nitrogens with zero attached hydrogens (tertiary/aromatic N) is 7. The fraction of sp³-hybridized carbons (Fsp3) is 0. The molecule has 0 N–H and O–H groups in total. The molecule has 5 aromatic heterocycles. The second-order valence-electron chi connectivity index (χ2n) is 12.3. The summed E-state index contributed by atoms with van der Waals surface area (Å²) < 4.78 is 0. The predicted molar refractivity (Wildman–Crippen MR) is 200 cm³/mol. The number of hydrogen-bond donors (Lipinski definition) is 0. The zero-order valence-electron chi connectivity index (χ0n) is 26.6. The Balaban J connectivity index is 1.02. The first-order valence-electron chi connectivity index (χ1n) is 16.4. The van der Waals surface area contributed by atoms with E-state index < -0.39 is 0 Å². The van der Waals surface area contributed by atoms with Crippen molar-refractivity contribution in [3.05, 3.63) is 152 Å². The van der Waals surface area contributed by atoms with Gasteiger partial charge in [0.05, 0.1) is 33.5 Å². The summed E-state index contributed by atoms with van der Waals surface area (Å²) in [6.07, 6.45) is 4.80. The maximum Gasteiger partial charge on any atom is 0.181 e. The average Bonchev–Trinajstić information content (AvgIpc) is 3.19. The van der Waals surface area contributed by atoms with Crippen molar-refractivity contribution in [1.82, 2.24) is 34.9 Å². The highest BCUT2D eigenvalue weighted by atomic mass is 15.0. The second-order valence-corrected chi connectivity index (χ2v) is 12.3. The molecule has 0 amide bonds. The van der Waals surface area contributed by atoms with E-state index in [9.17, 15) is 0 Å². The summed E-state index contributed by atoms with van der Waals surface area (Å²) in [5, 5.41) is 6.54. The molecule has 10 rings (SSSR count). The average molecular weight is 640 g/mol. The molecule has 0 spiro atoms. The summed E-state index contributed by atoms with van der Waals surface area (Å²) >= 11 is 0. The largest absolute Gasteiger partial charge is 0.254 e. The van der Waals surface area contributed by atoms with Gasteiger partial charge in [-0.25, -0.2) is 29.9 Å². The van der Waals surface area contributed by atoms with E-state index in [-0.39, 0.29) is 0 Å². The Labute approximate surface area is 286 Å². The van der Waals surface area contributed by atoms with E-state index in [1.807, 2.05) is 24.4 Å². The number of pyridine rings is 4.